The lowest BCUT2D eigenvalue weighted by atomic mass is 10.0. The molecule has 0 aliphatic rings. The smallest absolute Gasteiger partial charge is 0.347 e. The number of hydrogen-bond acceptors (Lipinski definition) is 6. The molecule has 0 unspecified atom stereocenters. The quantitative estimate of drug-likeness (QED) is 0.459. The van der Waals surface area contributed by atoms with Crippen molar-refractivity contribution in [2.24, 2.45) is 0 Å². The average Bonchev–Trinajstić information content (AvgIpc) is 2.53. The molecule has 1 aromatic carbocycles. The van der Waals surface area contributed by atoms with E-state index in [0.29, 0.717) is 10.9 Å². The Morgan fingerprint density at radius 3 is 2.58 bits per heavy atom. The fourth-order valence-electron chi connectivity index (χ4n) is 2.40. The van der Waals surface area contributed by atoms with Crippen LogP contribution in [0.3, 0.4) is 0 Å². The van der Waals surface area contributed by atoms with Crippen molar-refractivity contribution >= 4 is 22.7 Å². The van der Waals surface area contributed by atoms with E-state index in [9.17, 15) is 14.4 Å². The van der Waals surface area contributed by atoms with E-state index in [4.69, 9.17) is 13.9 Å². The SMILES string of the molecule is CCOC(=O)[C@@H](C)Oc1ccc2c(C)cc(=O)oc2c1C(=O)CC. The Morgan fingerprint density at radius 1 is 1.25 bits per heavy atom. The Bertz CT molecular complexity index is 833. The number of benzene rings is 1. The van der Waals surface area contributed by atoms with Gasteiger partial charge in [-0.3, -0.25) is 4.79 Å². The maximum atomic E-state index is 12.4. The van der Waals surface area contributed by atoms with Gasteiger partial charge in [0, 0.05) is 17.9 Å². The van der Waals surface area contributed by atoms with Gasteiger partial charge in [0.15, 0.2) is 17.5 Å². The first-order valence-corrected chi connectivity index (χ1v) is 7.83. The zero-order valence-corrected chi connectivity index (χ0v) is 14.2. The Kier molecular flexibility index (Phi) is 5.39. The molecule has 6 nitrogen and oxygen atoms in total. The van der Waals surface area contributed by atoms with Gasteiger partial charge in [-0.05, 0) is 38.5 Å². The lowest BCUT2D eigenvalue weighted by Crippen LogP contribution is -2.26. The molecule has 6 heteroatoms. The highest BCUT2D eigenvalue weighted by molar-refractivity contribution is 6.08. The second-order valence-electron chi connectivity index (χ2n) is 5.35. The third-order valence-corrected chi connectivity index (χ3v) is 3.60. The van der Waals surface area contributed by atoms with Crippen LogP contribution in [0.4, 0.5) is 0 Å². The molecule has 0 saturated heterocycles. The summed E-state index contributed by atoms with van der Waals surface area (Å²) in [5, 5.41) is 0.655. The highest BCUT2D eigenvalue weighted by Gasteiger charge is 2.23. The van der Waals surface area contributed by atoms with Gasteiger partial charge < -0.3 is 13.9 Å². The van der Waals surface area contributed by atoms with E-state index in [1.165, 1.54) is 13.0 Å². The van der Waals surface area contributed by atoms with E-state index in [1.54, 1.807) is 32.9 Å². The molecule has 1 heterocycles. The second kappa shape index (κ2) is 7.29. The summed E-state index contributed by atoms with van der Waals surface area (Å²) < 4.78 is 15.8. The molecule has 0 radical (unpaired) electrons. The molecule has 0 saturated carbocycles. The first-order chi connectivity index (χ1) is 11.4. The molecular formula is C18H20O6. The van der Waals surface area contributed by atoms with Gasteiger partial charge >= 0.3 is 11.6 Å². The second-order valence-corrected chi connectivity index (χ2v) is 5.35. The van der Waals surface area contributed by atoms with Crippen LogP contribution in [0, 0.1) is 6.92 Å². The lowest BCUT2D eigenvalue weighted by molar-refractivity contribution is -0.150. The van der Waals surface area contributed by atoms with Crippen molar-refractivity contribution in [3.8, 4) is 5.75 Å². The van der Waals surface area contributed by atoms with Crippen molar-refractivity contribution in [1.82, 2.24) is 0 Å². The molecule has 0 bridgehead atoms. The highest BCUT2D eigenvalue weighted by atomic mass is 16.6. The minimum atomic E-state index is -0.887. The van der Waals surface area contributed by atoms with E-state index in [1.807, 2.05) is 0 Å². The minimum Gasteiger partial charge on any atom is -0.478 e. The number of carbonyl (C=O) groups excluding carboxylic acids is 2. The van der Waals surface area contributed by atoms with Crippen molar-refractivity contribution in [1.29, 1.82) is 0 Å². The van der Waals surface area contributed by atoms with Crippen molar-refractivity contribution in [2.45, 2.75) is 40.2 Å². The fourth-order valence-corrected chi connectivity index (χ4v) is 2.40. The zero-order chi connectivity index (χ0) is 17.9. The molecule has 0 aliphatic carbocycles. The van der Waals surface area contributed by atoms with Gasteiger partial charge in [-0.2, -0.15) is 0 Å². The number of fused-ring (bicyclic) bond motifs is 1. The van der Waals surface area contributed by atoms with Crippen LogP contribution in [-0.2, 0) is 9.53 Å². The average molecular weight is 332 g/mol. The molecule has 1 aromatic heterocycles. The molecule has 0 aliphatic heterocycles. The number of aryl methyl sites for hydroxylation is 1. The standard InChI is InChI=1S/C18H20O6/c1-5-13(19)16-14(23-11(4)18(21)22-6-2)8-7-12-10(3)9-15(20)24-17(12)16/h7-9,11H,5-6H2,1-4H3/t11-/m1/s1. The van der Waals surface area contributed by atoms with E-state index < -0.39 is 17.7 Å². The molecule has 0 amide bonds. The van der Waals surface area contributed by atoms with Crippen molar-refractivity contribution in [3.63, 3.8) is 0 Å². The van der Waals surface area contributed by atoms with Crippen molar-refractivity contribution in [2.75, 3.05) is 6.61 Å². The van der Waals surface area contributed by atoms with E-state index in [2.05, 4.69) is 0 Å². The summed E-state index contributed by atoms with van der Waals surface area (Å²) in [4.78, 5) is 35.9. The number of ketones is 1. The van der Waals surface area contributed by atoms with Crippen LogP contribution < -0.4 is 10.4 Å². The zero-order valence-electron chi connectivity index (χ0n) is 14.2. The largest absolute Gasteiger partial charge is 0.478 e. The van der Waals surface area contributed by atoms with Crippen LogP contribution >= 0.6 is 0 Å². The topological polar surface area (TPSA) is 82.8 Å². The minimum absolute atomic E-state index is 0.173. The summed E-state index contributed by atoms with van der Waals surface area (Å²) in [5.74, 6) is -0.567. The van der Waals surface area contributed by atoms with Gasteiger partial charge in [0.1, 0.15) is 11.3 Å². The number of Topliss-reactive ketones (excluding diaryl/α,β-unsaturated/α-hetero) is 1. The highest BCUT2D eigenvalue weighted by Crippen LogP contribution is 2.31. The van der Waals surface area contributed by atoms with Gasteiger partial charge in [-0.1, -0.05) is 6.92 Å². The molecule has 2 rings (SSSR count). The molecule has 0 N–H and O–H groups in total. The molecule has 24 heavy (non-hydrogen) atoms. The lowest BCUT2D eigenvalue weighted by Gasteiger charge is -2.17. The third kappa shape index (κ3) is 3.48. The summed E-state index contributed by atoms with van der Waals surface area (Å²) in [6.45, 7) is 6.94. The predicted molar refractivity (Wildman–Crippen MR) is 88.6 cm³/mol. The van der Waals surface area contributed by atoms with Crippen LogP contribution in [0.5, 0.6) is 5.75 Å². The van der Waals surface area contributed by atoms with E-state index in [0.717, 1.165) is 0 Å². The number of ether oxygens (including phenoxy) is 2. The first-order valence-electron chi connectivity index (χ1n) is 7.83. The van der Waals surface area contributed by atoms with E-state index in [-0.39, 0.29) is 35.7 Å². The van der Waals surface area contributed by atoms with Crippen LogP contribution in [0.15, 0.2) is 27.4 Å². The number of esters is 1. The van der Waals surface area contributed by atoms with Gasteiger partial charge in [0.05, 0.1) is 6.61 Å². The van der Waals surface area contributed by atoms with Crippen LogP contribution in [-0.4, -0.2) is 24.5 Å². The van der Waals surface area contributed by atoms with Crippen molar-refractivity contribution < 1.29 is 23.5 Å². The maximum Gasteiger partial charge on any atom is 0.347 e. The van der Waals surface area contributed by atoms with Gasteiger partial charge in [-0.25, -0.2) is 9.59 Å². The predicted octanol–water partition coefficient (Wildman–Crippen LogP) is 3.02. The summed E-state index contributed by atoms with van der Waals surface area (Å²) in [6.07, 6.45) is -0.677. The van der Waals surface area contributed by atoms with Crippen LogP contribution in [0.2, 0.25) is 0 Å². The van der Waals surface area contributed by atoms with E-state index >= 15 is 0 Å². The summed E-state index contributed by atoms with van der Waals surface area (Å²) in [7, 11) is 0. The normalized spacial score (nSPS) is 12.0. The Morgan fingerprint density at radius 2 is 1.96 bits per heavy atom. The maximum absolute atomic E-state index is 12.4. The summed E-state index contributed by atoms with van der Waals surface area (Å²) in [6, 6.07) is 4.67. The molecule has 128 valence electrons. The molecule has 2 aromatic rings. The van der Waals surface area contributed by atoms with Gasteiger partial charge in [0.25, 0.3) is 0 Å². The summed E-state index contributed by atoms with van der Waals surface area (Å²) in [5.41, 5.74) is 0.518. The van der Waals surface area contributed by atoms with Gasteiger partial charge in [0.2, 0.25) is 0 Å². The molecule has 0 fully saturated rings. The summed E-state index contributed by atoms with van der Waals surface area (Å²) >= 11 is 0. The fraction of sp³-hybridized carbons (Fsp3) is 0.389. The molecular weight excluding hydrogens is 312 g/mol. The molecule has 1 atom stereocenters. The van der Waals surface area contributed by atoms with Gasteiger partial charge in [-0.15, -0.1) is 0 Å². The first kappa shape index (κ1) is 17.7. The number of rotatable bonds is 6. The Labute approximate surface area is 139 Å². The Balaban J connectivity index is 2.60. The van der Waals surface area contributed by atoms with Crippen molar-refractivity contribution in [3.05, 3.63) is 39.7 Å². The Hall–Kier alpha value is -2.63. The number of carbonyl (C=O) groups is 2. The number of hydrogen-bond donors (Lipinski definition) is 0. The van der Waals surface area contributed by atoms with Crippen LogP contribution in [0.25, 0.3) is 11.0 Å². The monoisotopic (exact) mass is 332 g/mol. The molecule has 0 spiro atoms. The third-order valence-electron chi connectivity index (χ3n) is 3.60. The van der Waals surface area contributed by atoms with Crippen LogP contribution in [0.1, 0.15) is 43.1 Å².